The monoisotopic (exact) mass is 304 g/mol. The molecular weight excluding hydrogens is 292 g/mol. The normalized spacial score (nSPS) is 17.2. The number of thiocarbonyl (C=S) groups is 1. The SMILES string of the molecule is CC(=O)NN1C(=O)C(=CC=Cc2ccccc2)SC1=S. The number of thioether (sulfide) groups is 1. The van der Waals surface area contributed by atoms with Crippen LogP contribution in [0, 0.1) is 0 Å². The Hall–Kier alpha value is -1.92. The molecule has 0 aromatic heterocycles. The summed E-state index contributed by atoms with van der Waals surface area (Å²) >= 11 is 6.21. The third kappa shape index (κ3) is 3.55. The third-order valence-electron chi connectivity index (χ3n) is 2.40. The fourth-order valence-electron chi connectivity index (χ4n) is 1.55. The van der Waals surface area contributed by atoms with Crippen molar-refractivity contribution in [3.05, 3.63) is 53.0 Å². The lowest BCUT2D eigenvalue weighted by Gasteiger charge is -2.13. The molecule has 0 bridgehead atoms. The van der Waals surface area contributed by atoms with Crippen LogP contribution in [-0.2, 0) is 9.59 Å². The number of hydrazine groups is 1. The number of carbonyl (C=O) groups is 2. The third-order valence-corrected chi connectivity index (χ3v) is 3.72. The van der Waals surface area contributed by atoms with E-state index >= 15 is 0 Å². The van der Waals surface area contributed by atoms with Crippen molar-refractivity contribution in [3.8, 4) is 0 Å². The quantitative estimate of drug-likeness (QED) is 0.688. The first-order valence-corrected chi connectivity index (χ1v) is 7.07. The Balaban J connectivity index is 2.08. The smallest absolute Gasteiger partial charge is 0.274 e. The summed E-state index contributed by atoms with van der Waals surface area (Å²) in [5, 5.41) is 1.09. The summed E-state index contributed by atoms with van der Waals surface area (Å²) in [4.78, 5) is 23.5. The molecule has 2 amide bonds. The van der Waals surface area contributed by atoms with Gasteiger partial charge in [0.1, 0.15) is 0 Å². The second kappa shape index (κ2) is 6.49. The van der Waals surface area contributed by atoms with Crippen molar-refractivity contribution in [3.63, 3.8) is 0 Å². The van der Waals surface area contributed by atoms with Crippen molar-refractivity contribution in [1.82, 2.24) is 10.4 Å². The molecule has 1 N–H and O–H groups in total. The maximum atomic E-state index is 12.0. The van der Waals surface area contributed by atoms with Crippen LogP contribution >= 0.6 is 24.0 Å². The average Bonchev–Trinajstić information content (AvgIpc) is 2.67. The summed E-state index contributed by atoms with van der Waals surface area (Å²) < 4.78 is 0.324. The zero-order valence-corrected chi connectivity index (χ0v) is 12.3. The van der Waals surface area contributed by atoms with Gasteiger partial charge >= 0.3 is 0 Å². The Kier molecular flexibility index (Phi) is 4.70. The molecule has 1 saturated heterocycles. The van der Waals surface area contributed by atoms with Crippen molar-refractivity contribution >= 4 is 46.2 Å². The van der Waals surface area contributed by atoms with Gasteiger partial charge in [-0.3, -0.25) is 15.0 Å². The van der Waals surface area contributed by atoms with Crippen LogP contribution in [0.3, 0.4) is 0 Å². The lowest BCUT2D eigenvalue weighted by Crippen LogP contribution is -2.43. The highest BCUT2D eigenvalue weighted by Gasteiger charge is 2.32. The average molecular weight is 304 g/mol. The van der Waals surface area contributed by atoms with Gasteiger partial charge in [-0.2, -0.15) is 5.01 Å². The maximum absolute atomic E-state index is 12.0. The van der Waals surface area contributed by atoms with Gasteiger partial charge in [-0.05, 0) is 23.9 Å². The van der Waals surface area contributed by atoms with E-state index in [1.807, 2.05) is 36.4 Å². The predicted octanol–water partition coefficient (Wildman–Crippen LogP) is 2.50. The lowest BCUT2D eigenvalue weighted by molar-refractivity contribution is -0.132. The van der Waals surface area contributed by atoms with Crippen LogP contribution < -0.4 is 5.43 Å². The number of amides is 2. The van der Waals surface area contributed by atoms with Gasteiger partial charge in [0.25, 0.3) is 5.91 Å². The fraction of sp³-hybridized carbons (Fsp3) is 0.0714. The molecule has 1 aliphatic heterocycles. The zero-order chi connectivity index (χ0) is 14.5. The topological polar surface area (TPSA) is 49.4 Å². The van der Waals surface area contributed by atoms with E-state index in [4.69, 9.17) is 12.2 Å². The molecule has 6 heteroatoms. The Labute approximate surface area is 126 Å². The predicted molar refractivity (Wildman–Crippen MR) is 84.4 cm³/mol. The molecule has 0 radical (unpaired) electrons. The van der Waals surface area contributed by atoms with Crippen molar-refractivity contribution < 1.29 is 9.59 Å². The van der Waals surface area contributed by atoms with Crippen molar-refractivity contribution in [2.45, 2.75) is 6.92 Å². The largest absolute Gasteiger partial charge is 0.285 e. The number of nitrogens with zero attached hydrogens (tertiary/aromatic N) is 1. The molecule has 0 saturated carbocycles. The first kappa shape index (κ1) is 14.5. The molecule has 1 aliphatic rings. The molecule has 1 aromatic rings. The van der Waals surface area contributed by atoms with Crippen molar-refractivity contribution in [2.24, 2.45) is 0 Å². The molecule has 102 valence electrons. The number of hydrogen-bond donors (Lipinski definition) is 1. The van der Waals surface area contributed by atoms with E-state index in [1.165, 1.54) is 6.92 Å². The van der Waals surface area contributed by atoms with Gasteiger partial charge in [-0.15, -0.1) is 0 Å². The number of rotatable bonds is 3. The van der Waals surface area contributed by atoms with Gasteiger partial charge in [0, 0.05) is 6.92 Å². The molecule has 1 heterocycles. The highest BCUT2D eigenvalue weighted by atomic mass is 32.2. The van der Waals surface area contributed by atoms with E-state index in [0.717, 1.165) is 22.3 Å². The van der Waals surface area contributed by atoms with Gasteiger partial charge in [0.05, 0.1) is 4.91 Å². The zero-order valence-electron chi connectivity index (χ0n) is 10.7. The van der Waals surface area contributed by atoms with Crippen LogP contribution in [0.4, 0.5) is 0 Å². The minimum absolute atomic E-state index is 0.312. The van der Waals surface area contributed by atoms with Gasteiger partial charge in [-0.1, -0.05) is 54.2 Å². The molecule has 20 heavy (non-hydrogen) atoms. The number of hydrogen-bond acceptors (Lipinski definition) is 4. The number of nitrogens with one attached hydrogen (secondary N) is 1. The number of allylic oxidation sites excluding steroid dienone is 2. The Morgan fingerprint density at radius 2 is 2.05 bits per heavy atom. The molecule has 1 aromatic carbocycles. The number of carbonyl (C=O) groups excluding carboxylic acids is 2. The van der Waals surface area contributed by atoms with E-state index in [0.29, 0.717) is 9.23 Å². The molecule has 1 fully saturated rings. The van der Waals surface area contributed by atoms with Gasteiger partial charge in [-0.25, -0.2) is 0 Å². The van der Waals surface area contributed by atoms with Crippen LogP contribution in [0.2, 0.25) is 0 Å². The Morgan fingerprint density at radius 3 is 2.70 bits per heavy atom. The van der Waals surface area contributed by atoms with Crippen LogP contribution in [0.5, 0.6) is 0 Å². The second-order valence-corrected chi connectivity index (χ2v) is 5.65. The molecular formula is C14H12N2O2S2. The van der Waals surface area contributed by atoms with Crippen LogP contribution in [-0.4, -0.2) is 21.1 Å². The fourth-order valence-corrected chi connectivity index (χ4v) is 2.68. The molecule has 0 aliphatic carbocycles. The van der Waals surface area contributed by atoms with Crippen LogP contribution in [0.25, 0.3) is 6.08 Å². The lowest BCUT2D eigenvalue weighted by atomic mass is 10.2. The summed E-state index contributed by atoms with van der Waals surface area (Å²) in [7, 11) is 0. The van der Waals surface area contributed by atoms with E-state index in [-0.39, 0.29) is 11.8 Å². The van der Waals surface area contributed by atoms with Gasteiger partial charge < -0.3 is 0 Å². The summed E-state index contributed by atoms with van der Waals surface area (Å²) in [5.41, 5.74) is 3.44. The Bertz CT molecular complexity index is 609. The molecule has 2 rings (SSSR count). The molecule has 4 nitrogen and oxygen atoms in total. The second-order valence-electron chi connectivity index (χ2n) is 3.98. The van der Waals surface area contributed by atoms with Crippen molar-refractivity contribution in [2.75, 3.05) is 0 Å². The first-order chi connectivity index (χ1) is 9.58. The van der Waals surface area contributed by atoms with E-state index < -0.39 is 0 Å². The maximum Gasteiger partial charge on any atom is 0.285 e. The first-order valence-electron chi connectivity index (χ1n) is 5.85. The minimum atomic E-state index is -0.331. The van der Waals surface area contributed by atoms with Crippen LogP contribution in [0.15, 0.2) is 47.4 Å². The summed E-state index contributed by atoms with van der Waals surface area (Å²) in [6.45, 7) is 1.33. The standard InChI is InChI=1S/C14H12N2O2S2/c1-10(17)15-16-13(18)12(20-14(16)19)9-5-8-11-6-3-2-4-7-11/h2-9H,1H3,(H,15,17). The van der Waals surface area contributed by atoms with Crippen molar-refractivity contribution in [1.29, 1.82) is 0 Å². The highest BCUT2D eigenvalue weighted by molar-refractivity contribution is 8.26. The van der Waals surface area contributed by atoms with E-state index in [9.17, 15) is 9.59 Å². The highest BCUT2D eigenvalue weighted by Crippen LogP contribution is 2.29. The molecule has 0 spiro atoms. The summed E-state index contributed by atoms with van der Waals surface area (Å²) in [6.07, 6.45) is 5.37. The molecule has 0 unspecified atom stereocenters. The van der Waals surface area contributed by atoms with E-state index in [2.05, 4.69) is 5.43 Å². The summed E-state index contributed by atoms with van der Waals surface area (Å²) in [6, 6.07) is 9.75. The van der Waals surface area contributed by atoms with E-state index in [1.54, 1.807) is 12.2 Å². The number of benzene rings is 1. The van der Waals surface area contributed by atoms with Gasteiger partial charge in [0.15, 0.2) is 4.32 Å². The molecule has 0 atom stereocenters. The van der Waals surface area contributed by atoms with Crippen LogP contribution in [0.1, 0.15) is 12.5 Å². The summed E-state index contributed by atoms with van der Waals surface area (Å²) in [5.74, 6) is -0.643. The van der Waals surface area contributed by atoms with Gasteiger partial charge in [0.2, 0.25) is 5.91 Å². The minimum Gasteiger partial charge on any atom is -0.274 e. The Morgan fingerprint density at radius 1 is 1.35 bits per heavy atom.